The zero-order valence-corrected chi connectivity index (χ0v) is 15.3. The fourth-order valence-electron chi connectivity index (χ4n) is 2.57. The van der Waals surface area contributed by atoms with E-state index in [0.29, 0.717) is 37.6 Å². The molecule has 0 atom stereocenters. The molecule has 7 heteroatoms. The first-order valence-corrected chi connectivity index (χ1v) is 9.06. The lowest BCUT2D eigenvalue weighted by atomic mass is 9.94. The van der Waals surface area contributed by atoms with Crippen LogP contribution in [-0.4, -0.2) is 60.2 Å². The largest absolute Gasteiger partial charge is 0.351 e. The molecule has 2 heterocycles. The molecule has 1 N–H and O–H groups in total. The van der Waals surface area contributed by atoms with E-state index in [-0.39, 0.29) is 24.1 Å². The van der Waals surface area contributed by atoms with Gasteiger partial charge >= 0.3 is 0 Å². The molecule has 132 valence electrons. The molecule has 6 nitrogen and oxygen atoms in total. The summed E-state index contributed by atoms with van der Waals surface area (Å²) in [6.45, 7) is 8.30. The van der Waals surface area contributed by atoms with Crippen LogP contribution in [0, 0.1) is 5.41 Å². The van der Waals surface area contributed by atoms with Crippen molar-refractivity contribution in [1.82, 2.24) is 15.1 Å². The van der Waals surface area contributed by atoms with Gasteiger partial charge in [-0.25, -0.2) is 0 Å². The van der Waals surface area contributed by atoms with Gasteiger partial charge in [-0.15, -0.1) is 11.3 Å². The van der Waals surface area contributed by atoms with Crippen LogP contribution in [0.3, 0.4) is 0 Å². The number of nitrogens with zero attached hydrogens (tertiary/aromatic N) is 2. The first-order valence-electron chi connectivity index (χ1n) is 8.18. The second-order valence-electron chi connectivity index (χ2n) is 6.91. The van der Waals surface area contributed by atoms with Crippen LogP contribution in [-0.2, 0) is 9.59 Å². The SMILES string of the molecule is CC(C)(C)C(=O)N1CCN(C(=O)CCNC(=O)c2cccs2)CC1. The molecule has 0 radical (unpaired) electrons. The number of carbonyl (C=O) groups is 3. The number of amides is 3. The summed E-state index contributed by atoms with van der Waals surface area (Å²) in [6, 6.07) is 3.58. The molecule has 1 saturated heterocycles. The van der Waals surface area contributed by atoms with Crippen molar-refractivity contribution in [1.29, 1.82) is 0 Å². The van der Waals surface area contributed by atoms with E-state index in [9.17, 15) is 14.4 Å². The van der Waals surface area contributed by atoms with Crippen molar-refractivity contribution < 1.29 is 14.4 Å². The highest BCUT2D eigenvalue weighted by Crippen LogP contribution is 2.18. The Kier molecular flexibility index (Phi) is 5.99. The smallest absolute Gasteiger partial charge is 0.261 e. The monoisotopic (exact) mass is 351 g/mol. The van der Waals surface area contributed by atoms with Crippen molar-refractivity contribution in [2.75, 3.05) is 32.7 Å². The molecule has 3 amide bonds. The summed E-state index contributed by atoms with van der Waals surface area (Å²) in [7, 11) is 0. The first-order chi connectivity index (χ1) is 11.3. The molecule has 0 saturated carbocycles. The molecular formula is C17H25N3O3S. The minimum Gasteiger partial charge on any atom is -0.351 e. The summed E-state index contributed by atoms with van der Waals surface area (Å²) in [5.74, 6) is 0.000501. The Morgan fingerprint density at radius 2 is 1.75 bits per heavy atom. The Hall–Kier alpha value is -1.89. The van der Waals surface area contributed by atoms with E-state index in [4.69, 9.17) is 0 Å². The molecular weight excluding hydrogens is 326 g/mol. The maximum Gasteiger partial charge on any atom is 0.261 e. The van der Waals surface area contributed by atoms with Gasteiger partial charge in [-0.2, -0.15) is 0 Å². The average Bonchev–Trinajstić information content (AvgIpc) is 3.07. The van der Waals surface area contributed by atoms with E-state index in [1.54, 1.807) is 11.0 Å². The maximum atomic E-state index is 12.2. The summed E-state index contributed by atoms with van der Waals surface area (Å²) in [4.78, 5) is 40.5. The Morgan fingerprint density at radius 3 is 2.29 bits per heavy atom. The van der Waals surface area contributed by atoms with Crippen molar-refractivity contribution in [3.8, 4) is 0 Å². The van der Waals surface area contributed by atoms with Gasteiger partial charge in [0.2, 0.25) is 11.8 Å². The lowest BCUT2D eigenvalue weighted by Gasteiger charge is -2.37. The molecule has 1 aromatic heterocycles. The highest BCUT2D eigenvalue weighted by Gasteiger charge is 2.30. The van der Waals surface area contributed by atoms with Crippen LogP contribution >= 0.6 is 11.3 Å². The van der Waals surface area contributed by atoms with Crippen LogP contribution in [0.5, 0.6) is 0 Å². The number of hydrogen-bond donors (Lipinski definition) is 1. The third kappa shape index (κ3) is 4.80. The normalized spacial score (nSPS) is 15.3. The summed E-state index contributed by atoms with van der Waals surface area (Å²) < 4.78 is 0. The summed E-state index contributed by atoms with van der Waals surface area (Å²) in [5, 5.41) is 4.61. The molecule has 0 unspecified atom stereocenters. The van der Waals surface area contributed by atoms with E-state index < -0.39 is 5.41 Å². The average molecular weight is 351 g/mol. The molecule has 0 aromatic carbocycles. The Morgan fingerprint density at radius 1 is 1.12 bits per heavy atom. The summed E-state index contributed by atoms with van der Waals surface area (Å²) in [6.07, 6.45) is 0.282. The van der Waals surface area contributed by atoms with Gasteiger partial charge in [0.15, 0.2) is 0 Å². The van der Waals surface area contributed by atoms with Crippen LogP contribution in [0.4, 0.5) is 0 Å². The molecule has 0 bridgehead atoms. The quantitative estimate of drug-likeness (QED) is 0.895. The highest BCUT2D eigenvalue weighted by atomic mass is 32.1. The van der Waals surface area contributed by atoms with Gasteiger partial charge in [-0.05, 0) is 11.4 Å². The topological polar surface area (TPSA) is 69.7 Å². The molecule has 0 spiro atoms. The standard InChI is InChI=1S/C17H25N3O3S/c1-17(2,3)16(23)20-10-8-19(9-11-20)14(21)6-7-18-15(22)13-5-4-12-24-13/h4-5,12H,6-11H2,1-3H3,(H,18,22). The predicted molar refractivity (Wildman–Crippen MR) is 93.9 cm³/mol. The van der Waals surface area contributed by atoms with E-state index in [1.165, 1.54) is 11.3 Å². The van der Waals surface area contributed by atoms with Crippen molar-refractivity contribution in [3.05, 3.63) is 22.4 Å². The number of thiophene rings is 1. The van der Waals surface area contributed by atoms with Gasteiger partial charge in [-0.1, -0.05) is 26.8 Å². The lowest BCUT2D eigenvalue weighted by Crippen LogP contribution is -2.53. The third-order valence-electron chi connectivity index (χ3n) is 3.93. The number of piperazine rings is 1. The van der Waals surface area contributed by atoms with E-state index in [1.807, 2.05) is 37.1 Å². The van der Waals surface area contributed by atoms with E-state index >= 15 is 0 Å². The third-order valence-corrected chi connectivity index (χ3v) is 4.80. The van der Waals surface area contributed by atoms with Crippen LogP contribution < -0.4 is 5.32 Å². The van der Waals surface area contributed by atoms with Crippen molar-refractivity contribution in [3.63, 3.8) is 0 Å². The van der Waals surface area contributed by atoms with Crippen molar-refractivity contribution >= 4 is 29.1 Å². The molecule has 1 aliphatic rings. The predicted octanol–water partition coefficient (Wildman–Crippen LogP) is 1.58. The van der Waals surface area contributed by atoms with Crippen molar-refractivity contribution in [2.24, 2.45) is 5.41 Å². The minimum absolute atomic E-state index is 0.0179. The van der Waals surface area contributed by atoms with Crippen LogP contribution in [0.15, 0.2) is 17.5 Å². The Labute approximate surface area is 146 Å². The lowest BCUT2D eigenvalue weighted by molar-refractivity contribution is -0.144. The Bertz CT molecular complexity index is 585. The fourth-order valence-corrected chi connectivity index (χ4v) is 3.21. The molecule has 24 heavy (non-hydrogen) atoms. The van der Waals surface area contributed by atoms with Crippen molar-refractivity contribution in [2.45, 2.75) is 27.2 Å². The molecule has 1 aromatic rings. The number of hydrogen-bond acceptors (Lipinski definition) is 4. The maximum absolute atomic E-state index is 12.2. The number of nitrogens with one attached hydrogen (secondary N) is 1. The van der Waals surface area contributed by atoms with Gasteiger partial charge in [0.25, 0.3) is 5.91 Å². The fraction of sp³-hybridized carbons (Fsp3) is 0.588. The molecule has 1 aliphatic heterocycles. The van der Waals surface area contributed by atoms with Gasteiger partial charge in [0, 0.05) is 44.6 Å². The summed E-state index contributed by atoms with van der Waals surface area (Å²) in [5.41, 5.74) is -0.391. The number of carbonyl (C=O) groups excluding carboxylic acids is 3. The molecule has 0 aliphatic carbocycles. The van der Waals surface area contributed by atoms with E-state index in [0.717, 1.165) is 0 Å². The highest BCUT2D eigenvalue weighted by molar-refractivity contribution is 7.12. The van der Waals surface area contributed by atoms with Gasteiger partial charge < -0.3 is 15.1 Å². The molecule has 2 rings (SSSR count). The molecule has 1 fully saturated rings. The van der Waals surface area contributed by atoms with Crippen LogP contribution in [0.25, 0.3) is 0 Å². The zero-order valence-electron chi connectivity index (χ0n) is 14.5. The van der Waals surface area contributed by atoms with Crippen LogP contribution in [0.1, 0.15) is 36.9 Å². The van der Waals surface area contributed by atoms with Gasteiger partial charge in [-0.3, -0.25) is 14.4 Å². The second kappa shape index (κ2) is 7.79. The Balaban J connectivity index is 1.71. The first kappa shape index (κ1) is 18.4. The van der Waals surface area contributed by atoms with Crippen LogP contribution in [0.2, 0.25) is 0 Å². The van der Waals surface area contributed by atoms with Gasteiger partial charge in [0.05, 0.1) is 4.88 Å². The minimum atomic E-state index is -0.391. The second-order valence-corrected chi connectivity index (χ2v) is 7.85. The van der Waals surface area contributed by atoms with E-state index in [2.05, 4.69) is 5.32 Å². The zero-order chi connectivity index (χ0) is 17.7. The van der Waals surface area contributed by atoms with Gasteiger partial charge in [0.1, 0.15) is 0 Å². The summed E-state index contributed by atoms with van der Waals surface area (Å²) >= 11 is 1.38. The number of rotatable bonds is 4.